The van der Waals surface area contributed by atoms with E-state index >= 15 is 0 Å². The van der Waals surface area contributed by atoms with Gasteiger partial charge in [-0.2, -0.15) is 0 Å². The summed E-state index contributed by atoms with van der Waals surface area (Å²) in [5.41, 5.74) is 7.29. The minimum atomic E-state index is 0.718. The first-order valence-corrected chi connectivity index (χ1v) is 4.82. The molecule has 0 heterocycles. The lowest BCUT2D eigenvalue weighted by Gasteiger charge is -1.97. The van der Waals surface area contributed by atoms with Crippen LogP contribution in [-0.2, 0) is 0 Å². The van der Waals surface area contributed by atoms with Gasteiger partial charge in [-0.3, -0.25) is 0 Å². The summed E-state index contributed by atoms with van der Waals surface area (Å²) in [7, 11) is 0. The number of halogens is 1. The molecule has 0 radical (unpaired) electrons. The van der Waals surface area contributed by atoms with Gasteiger partial charge in [-0.05, 0) is 35.9 Å². The third kappa shape index (κ3) is 7.61. The molecule has 0 amide bonds. The highest BCUT2D eigenvalue weighted by atomic mass is 79.9. The van der Waals surface area contributed by atoms with Gasteiger partial charge in [0.25, 0.3) is 0 Å². The smallest absolute Gasteiger partial charge is 0.0457 e. The third-order valence-corrected chi connectivity index (χ3v) is 1.85. The maximum Gasteiger partial charge on any atom is 0.0457 e. The van der Waals surface area contributed by atoms with Crippen LogP contribution in [0.25, 0.3) is 0 Å². The summed E-state index contributed by atoms with van der Waals surface area (Å²) in [5.74, 6) is 0. The largest absolute Gasteiger partial charge is 0.398 e. The molecule has 0 aliphatic heterocycles. The van der Waals surface area contributed by atoms with E-state index in [1.165, 1.54) is 0 Å². The van der Waals surface area contributed by atoms with Crippen molar-refractivity contribution in [3.63, 3.8) is 0 Å². The summed E-state index contributed by atoms with van der Waals surface area (Å²) in [5, 5.41) is 0. The van der Waals surface area contributed by atoms with Gasteiger partial charge < -0.3 is 5.73 Å². The highest BCUT2D eigenvalue weighted by Crippen LogP contribution is 2.12. The van der Waals surface area contributed by atoms with Gasteiger partial charge in [0.1, 0.15) is 0 Å². The SMILES string of the molecule is C=C(C)/C=C(N)\C(Br)=C/C.CC. The van der Waals surface area contributed by atoms with Crippen LogP contribution >= 0.6 is 15.9 Å². The van der Waals surface area contributed by atoms with Crippen LogP contribution in [0.3, 0.4) is 0 Å². The first-order valence-electron chi connectivity index (χ1n) is 4.02. The average Bonchev–Trinajstić information content (AvgIpc) is 2.05. The van der Waals surface area contributed by atoms with Gasteiger partial charge in [-0.15, -0.1) is 0 Å². The van der Waals surface area contributed by atoms with E-state index in [1.807, 2.05) is 39.8 Å². The minimum Gasteiger partial charge on any atom is -0.398 e. The summed E-state index contributed by atoms with van der Waals surface area (Å²) < 4.78 is 0.913. The topological polar surface area (TPSA) is 26.0 Å². The summed E-state index contributed by atoms with van der Waals surface area (Å²) >= 11 is 3.30. The van der Waals surface area contributed by atoms with Crippen LogP contribution in [0, 0.1) is 0 Å². The molecule has 1 nitrogen and oxygen atoms in total. The van der Waals surface area contributed by atoms with Crippen molar-refractivity contribution >= 4 is 15.9 Å². The van der Waals surface area contributed by atoms with Crippen molar-refractivity contribution in [1.29, 1.82) is 0 Å². The molecule has 0 unspecified atom stereocenters. The standard InChI is InChI=1S/C8H12BrN.C2H6/c1-4-7(9)8(10)5-6(2)3;1-2/h4-5H,2,10H2,1,3H3;1-2H3/b7-4+,8-5+;. The molecule has 0 spiro atoms. The van der Waals surface area contributed by atoms with Gasteiger partial charge >= 0.3 is 0 Å². The molecule has 0 saturated heterocycles. The summed E-state index contributed by atoms with van der Waals surface area (Å²) in [4.78, 5) is 0. The van der Waals surface area contributed by atoms with Crippen molar-refractivity contribution in [2.24, 2.45) is 5.73 Å². The van der Waals surface area contributed by atoms with Crippen molar-refractivity contribution in [1.82, 2.24) is 0 Å². The number of hydrogen-bond acceptors (Lipinski definition) is 1. The molecule has 0 aromatic heterocycles. The van der Waals surface area contributed by atoms with E-state index in [-0.39, 0.29) is 0 Å². The lowest BCUT2D eigenvalue weighted by molar-refractivity contribution is 1.36. The molecule has 70 valence electrons. The Bertz CT molecular complexity index is 190. The maximum absolute atomic E-state index is 5.61. The van der Waals surface area contributed by atoms with Crippen LogP contribution in [0.15, 0.2) is 34.5 Å². The quantitative estimate of drug-likeness (QED) is 0.721. The monoisotopic (exact) mass is 231 g/mol. The molecule has 0 aromatic carbocycles. The zero-order valence-electron chi connectivity index (χ0n) is 8.32. The Labute approximate surface area is 84.2 Å². The minimum absolute atomic E-state index is 0.718. The summed E-state index contributed by atoms with van der Waals surface area (Å²) in [6.45, 7) is 11.5. The van der Waals surface area contributed by atoms with E-state index in [9.17, 15) is 0 Å². The second-order valence-electron chi connectivity index (χ2n) is 2.08. The Morgan fingerprint density at radius 1 is 1.42 bits per heavy atom. The van der Waals surface area contributed by atoms with Gasteiger partial charge in [0.15, 0.2) is 0 Å². The highest BCUT2D eigenvalue weighted by Gasteiger charge is 1.91. The van der Waals surface area contributed by atoms with Crippen molar-refractivity contribution in [3.8, 4) is 0 Å². The normalized spacial score (nSPS) is 11.8. The predicted molar refractivity (Wildman–Crippen MR) is 61.1 cm³/mol. The van der Waals surface area contributed by atoms with E-state index in [0.29, 0.717) is 0 Å². The maximum atomic E-state index is 5.61. The number of rotatable bonds is 2. The fourth-order valence-corrected chi connectivity index (χ4v) is 0.616. The Morgan fingerprint density at radius 3 is 2.08 bits per heavy atom. The van der Waals surface area contributed by atoms with Crippen molar-refractivity contribution in [2.45, 2.75) is 27.7 Å². The molecule has 0 fully saturated rings. The molecular formula is C10H18BrN. The van der Waals surface area contributed by atoms with Gasteiger partial charge in [0.05, 0.1) is 0 Å². The van der Waals surface area contributed by atoms with E-state index < -0.39 is 0 Å². The molecule has 2 N–H and O–H groups in total. The zero-order chi connectivity index (χ0) is 10.1. The van der Waals surface area contributed by atoms with E-state index in [1.54, 1.807) is 0 Å². The molecule has 0 atom stereocenters. The Kier molecular flexibility index (Phi) is 10.1. The van der Waals surface area contributed by atoms with Crippen LogP contribution in [0.5, 0.6) is 0 Å². The Hall–Kier alpha value is -0.500. The first-order chi connectivity index (χ1) is 5.57. The van der Waals surface area contributed by atoms with Crippen LogP contribution < -0.4 is 5.73 Å². The molecule has 0 aromatic rings. The summed E-state index contributed by atoms with van der Waals surface area (Å²) in [6, 6.07) is 0. The van der Waals surface area contributed by atoms with Gasteiger partial charge in [-0.1, -0.05) is 32.1 Å². The second kappa shape index (κ2) is 8.60. The Balaban J connectivity index is 0. The molecule has 2 heteroatoms. The second-order valence-corrected chi connectivity index (χ2v) is 2.94. The molecule has 12 heavy (non-hydrogen) atoms. The molecule has 0 aliphatic carbocycles. The zero-order valence-corrected chi connectivity index (χ0v) is 9.90. The Morgan fingerprint density at radius 2 is 1.83 bits per heavy atom. The average molecular weight is 232 g/mol. The van der Waals surface area contributed by atoms with E-state index in [4.69, 9.17) is 5.73 Å². The van der Waals surface area contributed by atoms with E-state index in [0.717, 1.165) is 15.8 Å². The van der Waals surface area contributed by atoms with Gasteiger partial charge in [-0.25, -0.2) is 0 Å². The number of hydrogen-bond donors (Lipinski definition) is 1. The predicted octanol–water partition coefficient (Wildman–Crippen LogP) is 3.73. The highest BCUT2D eigenvalue weighted by molar-refractivity contribution is 9.11. The summed E-state index contributed by atoms with van der Waals surface area (Å²) in [6.07, 6.45) is 3.72. The molecule has 0 saturated carbocycles. The van der Waals surface area contributed by atoms with Gasteiger partial charge in [0, 0.05) is 10.2 Å². The third-order valence-electron chi connectivity index (χ3n) is 0.931. The van der Waals surface area contributed by atoms with E-state index in [2.05, 4.69) is 22.5 Å². The molecule has 0 bridgehead atoms. The van der Waals surface area contributed by atoms with Gasteiger partial charge in [0.2, 0.25) is 0 Å². The van der Waals surface area contributed by atoms with Crippen LogP contribution in [0.1, 0.15) is 27.7 Å². The first kappa shape index (κ1) is 14.0. The van der Waals surface area contributed by atoms with Crippen LogP contribution in [-0.4, -0.2) is 0 Å². The number of nitrogens with two attached hydrogens (primary N) is 1. The fourth-order valence-electron chi connectivity index (χ4n) is 0.501. The molecule has 0 aliphatic rings. The van der Waals surface area contributed by atoms with Crippen molar-refractivity contribution < 1.29 is 0 Å². The molecule has 0 rings (SSSR count). The van der Waals surface area contributed by atoms with Crippen molar-refractivity contribution in [3.05, 3.63) is 34.5 Å². The lowest BCUT2D eigenvalue weighted by Crippen LogP contribution is -1.96. The number of allylic oxidation sites excluding steroid dienone is 4. The fraction of sp³-hybridized carbons (Fsp3) is 0.400. The van der Waals surface area contributed by atoms with Crippen molar-refractivity contribution in [2.75, 3.05) is 0 Å². The molecular weight excluding hydrogens is 214 g/mol. The van der Waals surface area contributed by atoms with Crippen LogP contribution in [0.4, 0.5) is 0 Å². The lowest BCUT2D eigenvalue weighted by atomic mass is 10.2. The van der Waals surface area contributed by atoms with Crippen LogP contribution in [0.2, 0.25) is 0 Å².